The summed E-state index contributed by atoms with van der Waals surface area (Å²) in [6, 6.07) is -1.80. The van der Waals surface area contributed by atoms with Crippen molar-refractivity contribution in [3.8, 4) is 0 Å². The molecule has 4 amide bonds. The van der Waals surface area contributed by atoms with Gasteiger partial charge in [-0.2, -0.15) is 0 Å². The third kappa shape index (κ3) is 6.32. The first-order chi connectivity index (χ1) is 16.6. The minimum atomic E-state index is -0.669. The van der Waals surface area contributed by atoms with Gasteiger partial charge in [0.25, 0.3) is 6.47 Å². The number of hydrogen-bond acceptors (Lipinski definition) is 6. The Kier molecular flexibility index (Phi) is 9.13. The predicted molar refractivity (Wildman–Crippen MR) is 128 cm³/mol. The van der Waals surface area contributed by atoms with Gasteiger partial charge < -0.3 is 24.8 Å². The van der Waals surface area contributed by atoms with Gasteiger partial charge >= 0.3 is 0 Å². The monoisotopic (exact) mass is 492 g/mol. The van der Waals surface area contributed by atoms with E-state index >= 15 is 0 Å². The van der Waals surface area contributed by atoms with Crippen molar-refractivity contribution in [1.29, 1.82) is 0 Å². The van der Waals surface area contributed by atoms with Crippen molar-refractivity contribution in [2.45, 2.75) is 103 Å². The van der Waals surface area contributed by atoms with Crippen molar-refractivity contribution in [2.24, 2.45) is 5.92 Å². The van der Waals surface area contributed by atoms with E-state index in [1.165, 1.54) is 0 Å². The highest BCUT2D eigenvalue weighted by Gasteiger charge is 2.42. The lowest BCUT2D eigenvalue weighted by molar-refractivity contribution is -0.151. The minimum Gasteiger partial charge on any atom is -0.464 e. The van der Waals surface area contributed by atoms with Crippen molar-refractivity contribution in [3.63, 3.8) is 0 Å². The van der Waals surface area contributed by atoms with Crippen LogP contribution in [0.25, 0.3) is 0 Å². The van der Waals surface area contributed by atoms with E-state index in [4.69, 9.17) is 4.74 Å². The maximum atomic E-state index is 13.5. The molecule has 3 heterocycles. The highest BCUT2D eigenvalue weighted by molar-refractivity contribution is 5.94. The van der Waals surface area contributed by atoms with E-state index in [2.05, 4.69) is 12.2 Å². The molecule has 1 N–H and O–H groups in total. The first-order valence-electron chi connectivity index (χ1n) is 12.9. The van der Waals surface area contributed by atoms with Gasteiger partial charge in [-0.05, 0) is 65.2 Å². The molecule has 0 spiro atoms. The summed E-state index contributed by atoms with van der Waals surface area (Å²) in [6.07, 6.45) is 3.78. The second-order valence-corrected chi connectivity index (χ2v) is 10.4. The molecule has 0 saturated carbocycles. The summed E-state index contributed by atoms with van der Waals surface area (Å²) in [5.41, 5.74) is 0. The second kappa shape index (κ2) is 11.9. The summed E-state index contributed by atoms with van der Waals surface area (Å²) in [7, 11) is 0. The molecule has 0 aromatic carbocycles. The summed E-state index contributed by atoms with van der Waals surface area (Å²) in [5.74, 6) is -0.429. The zero-order chi connectivity index (χ0) is 25.7. The number of piperidine rings is 1. The molecule has 0 radical (unpaired) electrons. The van der Waals surface area contributed by atoms with Gasteiger partial charge in [0.1, 0.15) is 24.2 Å². The molecule has 3 rings (SSSR count). The van der Waals surface area contributed by atoms with Gasteiger partial charge in [0.2, 0.25) is 23.6 Å². The molecule has 6 atom stereocenters. The molecule has 0 bridgehead atoms. The minimum absolute atomic E-state index is 0.0135. The van der Waals surface area contributed by atoms with Crippen LogP contribution in [0.1, 0.15) is 72.6 Å². The third-order valence-corrected chi connectivity index (χ3v) is 7.49. The number of carbonyl (C=O) groups is 5. The average molecular weight is 493 g/mol. The van der Waals surface area contributed by atoms with Gasteiger partial charge in [0, 0.05) is 25.7 Å². The quantitative estimate of drug-likeness (QED) is 0.507. The molecule has 0 aliphatic carbocycles. The standard InChI is InChI=1S/C25H40N4O6/c1-16-12-17(2)29(14-16)24(33)19(4)26-23(32)20-8-5-6-10-28(20)25(34)21-9-7-11-27(21)22(31)13-18(3)35-15-30/h15-21H,5-14H2,1-4H3,(H,26,32). The second-order valence-electron chi connectivity index (χ2n) is 10.4. The molecule has 35 heavy (non-hydrogen) atoms. The van der Waals surface area contributed by atoms with Gasteiger partial charge in [-0.3, -0.25) is 24.0 Å². The first-order valence-corrected chi connectivity index (χ1v) is 12.9. The fraction of sp³-hybridized carbons (Fsp3) is 0.800. The highest BCUT2D eigenvalue weighted by Crippen LogP contribution is 2.26. The van der Waals surface area contributed by atoms with E-state index in [9.17, 15) is 24.0 Å². The fourth-order valence-electron chi connectivity index (χ4n) is 5.71. The zero-order valence-electron chi connectivity index (χ0n) is 21.4. The summed E-state index contributed by atoms with van der Waals surface area (Å²) < 4.78 is 4.83. The lowest BCUT2D eigenvalue weighted by atomic mass is 9.99. The number of rotatable bonds is 8. The van der Waals surface area contributed by atoms with Crippen molar-refractivity contribution in [2.75, 3.05) is 19.6 Å². The molecule has 3 saturated heterocycles. The smallest absolute Gasteiger partial charge is 0.293 e. The molecule has 3 aliphatic rings. The Morgan fingerprint density at radius 1 is 0.971 bits per heavy atom. The van der Waals surface area contributed by atoms with Crippen molar-refractivity contribution in [1.82, 2.24) is 20.0 Å². The van der Waals surface area contributed by atoms with E-state index in [0.717, 1.165) is 19.3 Å². The normalized spacial score (nSPS) is 28.4. The van der Waals surface area contributed by atoms with Crippen LogP contribution in [0.15, 0.2) is 0 Å². The zero-order valence-corrected chi connectivity index (χ0v) is 21.4. The summed E-state index contributed by atoms with van der Waals surface area (Å²) in [5, 5.41) is 2.86. The predicted octanol–water partition coefficient (Wildman–Crippen LogP) is 1.07. The number of carbonyl (C=O) groups excluding carboxylic acids is 5. The number of ether oxygens (including phenoxy) is 1. The number of hydrogen-bond donors (Lipinski definition) is 1. The largest absolute Gasteiger partial charge is 0.464 e. The first kappa shape index (κ1) is 26.9. The van der Waals surface area contributed by atoms with Crippen molar-refractivity contribution in [3.05, 3.63) is 0 Å². The van der Waals surface area contributed by atoms with Gasteiger partial charge in [0.05, 0.1) is 6.42 Å². The molecule has 3 fully saturated rings. The van der Waals surface area contributed by atoms with Crippen molar-refractivity contribution < 1.29 is 28.7 Å². The van der Waals surface area contributed by atoms with Crippen LogP contribution in [-0.4, -0.2) is 94.7 Å². The summed E-state index contributed by atoms with van der Waals surface area (Å²) >= 11 is 0. The van der Waals surface area contributed by atoms with Gasteiger partial charge in [-0.1, -0.05) is 6.92 Å². The Hall–Kier alpha value is -2.65. The van der Waals surface area contributed by atoms with Gasteiger partial charge in [0.15, 0.2) is 0 Å². The number of nitrogens with zero attached hydrogens (tertiary/aromatic N) is 3. The Bertz CT molecular complexity index is 820. The van der Waals surface area contributed by atoms with E-state index in [1.54, 1.807) is 23.6 Å². The highest BCUT2D eigenvalue weighted by atomic mass is 16.5. The number of amides is 4. The van der Waals surface area contributed by atoms with Gasteiger partial charge in [-0.15, -0.1) is 0 Å². The lowest BCUT2D eigenvalue weighted by Crippen LogP contribution is -2.59. The molecular weight excluding hydrogens is 452 g/mol. The Balaban J connectivity index is 1.64. The third-order valence-electron chi connectivity index (χ3n) is 7.49. The molecule has 196 valence electrons. The molecule has 0 aromatic rings. The average Bonchev–Trinajstić information content (AvgIpc) is 3.44. The fourth-order valence-corrected chi connectivity index (χ4v) is 5.71. The molecule has 10 heteroatoms. The van der Waals surface area contributed by atoms with Crippen LogP contribution in [0.5, 0.6) is 0 Å². The van der Waals surface area contributed by atoms with Crippen LogP contribution in [0.2, 0.25) is 0 Å². The van der Waals surface area contributed by atoms with Crippen LogP contribution in [0, 0.1) is 5.92 Å². The van der Waals surface area contributed by atoms with Crippen LogP contribution < -0.4 is 5.32 Å². The van der Waals surface area contributed by atoms with E-state index in [0.29, 0.717) is 51.3 Å². The summed E-state index contributed by atoms with van der Waals surface area (Å²) in [6.45, 7) is 9.40. The molecule has 10 nitrogen and oxygen atoms in total. The van der Waals surface area contributed by atoms with Crippen molar-refractivity contribution >= 4 is 30.1 Å². The Morgan fingerprint density at radius 2 is 1.66 bits per heavy atom. The van der Waals surface area contributed by atoms with E-state index < -0.39 is 24.2 Å². The molecular formula is C25H40N4O6. The Labute approximate surface area is 207 Å². The maximum Gasteiger partial charge on any atom is 0.293 e. The SMILES string of the molecule is CC1CC(C)N(C(=O)C(C)NC(=O)C2CCCCN2C(=O)C2CCCN2C(=O)CC(C)OC=O)C1. The topological polar surface area (TPSA) is 116 Å². The van der Waals surface area contributed by atoms with Gasteiger partial charge in [-0.25, -0.2) is 0 Å². The van der Waals surface area contributed by atoms with Crippen LogP contribution >= 0.6 is 0 Å². The maximum absolute atomic E-state index is 13.5. The Morgan fingerprint density at radius 3 is 2.31 bits per heavy atom. The molecule has 6 unspecified atom stereocenters. The van der Waals surface area contributed by atoms with Crippen LogP contribution in [-0.2, 0) is 28.7 Å². The number of nitrogens with one attached hydrogen (secondary N) is 1. The van der Waals surface area contributed by atoms with E-state index in [1.807, 2.05) is 11.8 Å². The van der Waals surface area contributed by atoms with Crippen LogP contribution in [0.4, 0.5) is 0 Å². The number of likely N-dealkylation sites (tertiary alicyclic amines) is 3. The van der Waals surface area contributed by atoms with Crippen LogP contribution in [0.3, 0.4) is 0 Å². The lowest BCUT2D eigenvalue weighted by Gasteiger charge is -2.38. The molecule has 3 aliphatic heterocycles. The molecule has 0 aromatic heterocycles. The summed E-state index contributed by atoms with van der Waals surface area (Å²) in [4.78, 5) is 68.0. The van der Waals surface area contributed by atoms with E-state index in [-0.39, 0.29) is 36.1 Å².